The molecule has 0 atom stereocenters. The van der Waals surface area contributed by atoms with E-state index >= 15 is 0 Å². The van der Waals surface area contributed by atoms with Crippen LogP contribution in [0.3, 0.4) is 0 Å². The molecule has 0 aliphatic carbocycles. The van der Waals surface area contributed by atoms with Gasteiger partial charge < -0.3 is 38.4 Å². The highest BCUT2D eigenvalue weighted by atomic mass is 127. The van der Waals surface area contributed by atoms with Crippen LogP contribution < -0.4 is 14.2 Å². The molecule has 3 N–H and O–H groups in total. The van der Waals surface area contributed by atoms with Crippen molar-refractivity contribution in [2.75, 3.05) is 30.2 Å². The van der Waals surface area contributed by atoms with E-state index in [4.69, 9.17) is 104 Å². The topological polar surface area (TPSA) is 209 Å². The van der Waals surface area contributed by atoms with Crippen molar-refractivity contribution in [3.05, 3.63) is 197 Å². The first-order chi connectivity index (χ1) is 44.6. The second-order valence-electron chi connectivity index (χ2n) is 22.4. The Morgan fingerprint density at radius 1 is 0.459 bits per heavy atom. The van der Waals surface area contributed by atoms with E-state index in [2.05, 4.69) is 9.97 Å². The van der Waals surface area contributed by atoms with Crippen LogP contribution in [0.5, 0.6) is 34.5 Å². The third-order valence-corrected chi connectivity index (χ3v) is 18.5. The van der Waals surface area contributed by atoms with E-state index < -0.39 is 81.5 Å². The first kappa shape index (κ1) is 86.8. The maximum absolute atomic E-state index is 12.4. The number of nitrogens with zero attached hydrogens (tertiary/aromatic N) is 2. The number of phenolic OH excluding ortho intramolecular Hbond substituents is 3. The van der Waals surface area contributed by atoms with E-state index in [1.807, 2.05) is 65.8 Å². The fraction of sp³-hybridized carbons (Fsp3) is 0.354. The SMILES string of the molecule is C.CC(C)(c1ccc(O)cc1)c1cc(Cl)c(O)c(Cl)c1.CC(C)(c1ccc(O)cc1)c1cc(Cl)c(OCCC(F)(F)F)c(Cl)c1.CC(C)(c1ccc(OCc2ocnc2S(C)(=O)=O)cc1)c1cc(Cl)c(OCCC(F)(F)F)c(Cl)c1.CS(=O)(=O)c1ncoc1CCl.FC(F)(F)CCI. The van der Waals surface area contributed by atoms with Gasteiger partial charge in [0.25, 0.3) is 0 Å². The summed E-state index contributed by atoms with van der Waals surface area (Å²) in [7, 11) is -6.83. The highest BCUT2D eigenvalue weighted by molar-refractivity contribution is 14.1. The zero-order chi connectivity index (χ0) is 73.5. The van der Waals surface area contributed by atoms with Crippen molar-refractivity contribution in [2.45, 2.75) is 126 Å². The van der Waals surface area contributed by atoms with Crippen LogP contribution in [0.2, 0.25) is 30.1 Å². The number of aromatic hydroxyl groups is 3. The molecule has 0 aliphatic rings. The van der Waals surface area contributed by atoms with E-state index in [0.717, 1.165) is 58.7 Å². The lowest BCUT2D eigenvalue weighted by molar-refractivity contribution is -0.140. The third kappa shape index (κ3) is 26.5. The first-order valence-corrected chi connectivity index (χ1v) is 36.1. The van der Waals surface area contributed by atoms with Crippen molar-refractivity contribution < 1.29 is 94.7 Å². The maximum Gasteiger partial charge on any atom is 0.392 e. The number of sulfone groups is 2. The van der Waals surface area contributed by atoms with Gasteiger partial charge in [0.05, 0.1) is 68.5 Å². The van der Waals surface area contributed by atoms with Crippen LogP contribution in [0.15, 0.2) is 141 Å². The molecule has 0 fully saturated rings. The van der Waals surface area contributed by atoms with Crippen molar-refractivity contribution in [1.29, 1.82) is 0 Å². The van der Waals surface area contributed by atoms with Gasteiger partial charge in [-0.25, -0.2) is 26.8 Å². The van der Waals surface area contributed by atoms with E-state index in [1.165, 1.54) is 0 Å². The molecule has 0 spiro atoms. The number of halogens is 17. The predicted molar refractivity (Wildman–Crippen MR) is 372 cm³/mol. The summed E-state index contributed by atoms with van der Waals surface area (Å²) in [5.74, 6) is 1.10. The summed E-state index contributed by atoms with van der Waals surface area (Å²) >= 11 is 43.9. The average Bonchev–Trinajstić information content (AvgIpc) is 1.08. The van der Waals surface area contributed by atoms with Crippen LogP contribution in [0, 0.1) is 0 Å². The summed E-state index contributed by atoms with van der Waals surface area (Å²) in [6.45, 7) is 10.6. The van der Waals surface area contributed by atoms with Crippen molar-refractivity contribution in [2.24, 2.45) is 0 Å². The summed E-state index contributed by atoms with van der Waals surface area (Å²) in [5.41, 5.74) is 3.81. The predicted octanol–water partition coefficient (Wildman–Crippen LogP) is 21.5. The second-order valence-corrected chi connectivity index (χ2v) is 30.1. The van der Waals surface area contributed by atoms with E-state index in [9.17, 15) is 71.7 Å². The molecule has 0 saturated carbocycles. The van der Waals surface area contributed by atoms with Gasteiger partial charge in [-0.2, -0.15) is 39.5 Å². The number of alkyl halides is 11. The van der Waals surface area contributed by atoms with Gasteiger partial charge in [0, 0.05) is 33.2 Å². The number of oxazole rings is 2. The Labute approximate surface area is 610 Å². The molecule has 14 nitrogen and oxygen atoms in total. The fourth-order valence-corrected chi connectivity index (χ4v) is 12.5. The van der Waals surface area contributed by atoms with Crippen molar-refractivity contribution in [1.82, 2.24) is 9.97 Å². The molecule has 8 rings (SSSR count). The Morgan fingerprint density at radius 3 is 1.03 bits per heavy atom. The minimum atomic E-state index is -4.35. The largest absolute Gasteiger partial charge is 0.508 e. The molecule has 0 radical (unpaired) electrons. The van der Waals surface area contributed by atoms with Gasteiger partial charge in [0.15, 0.2) is 71.3 Å². The molecule has 98 heavy (non-hydrogen) atoms. The minimum Gasteiger partial charge on any atom is -0.508 e. The molecule has 8 aromatic rings. The smallest absolute Gasteiger partial charge is 0.392 e. The summed E-state index contributed by atoms with van der Waals surface area (Å²) in [4.78, 5) is 7.23. The van der Waals surface area contributed by atoms with Crippen molar-refractivity contribution in [3.63, 3.8) is 0 Å². The Balaban J connectivity index is 0.000000347. The zero-order valence-electron chi connectivity index (χ0n) is 52.4. The van der Waals surface area contributed by atoms with Gasteiger partial charge >= 0.3 is 18.5 Å². The number of hydrogen-bond acceptors (Lipinski definition) is 14. The van der Waals surface area contributed by atoms with Crippen molar-refractivity contribution >= 4 is 123 Å². The number of rotatable bonds is 19. The summed E-state index contributed by atoms with van der Waals surface area (Å²) < 4.78 is 178. The highest BCUT2D eigenvalue weighted by Gasteiger charge is 2.32. The monoisotopic (exact) mass is 1670 g/mol. The van der Waals surface area contributed by atoms with E-state index in [1.54, 1.807) is 108 Å². The van der Waals surface area contributed by atoms with Gasteiger partial charge in [-0.1, -0.05) is 178 Å². The highest BCUT2D eigenvalue weighted by Crippen LogP contribution is 2.44. The third-order valence-electron chi connectivity index (χ3n) is 14.0. The van der Waals surface area contributed by atoms with Gasteiger partial charge in [-0.05, 0) is 106 Å². The van der Waals surface area contributed by atoms with Crippen LogP contribution in [-0.2, 0) is 48.4 Å². The average molecular weight is 1680 g/mol. The van der Waals surface area contributed by atoms with E-state index in [-0.39, 0.29) is 110 Å². The molecule has 2 heterocycles. The molecule has 0 aliphatic heterocycles. The summed E-state index contributed by atoms with van der Waals surface area (Å²) in [6, 6.07) is 30.7. The number of hydrogen-bond donors (Lipinski definition) is 3. The van der Waals surface area contributed by atoms with Crippen LogP contribution >= 0.6 is 104 Å². The van der Waals surface area contributed by atoms with Crippen LogP contribution in [0.4, 0.5) is 39.5 Å². The normalized spacial score (nSPS) is 12.1. The van der Waals surface area contributed by atoms with Crippen LogP contribution in [0.25, 0.3) is 0 Å². The van der Waals surface area contributed by atoms with Gasteiger partial charge in [0.2, 0.25) is 0 Å². The lowest BCUT2D eigenvalue weighted by Crippen LogP contribution is -2.19. The summed E-state index contributed by atoms with van der Waals surface area (Å²) in [5, 5.41) is 29.1. The molecule has 540 valence electrons. The fourth-order valence-electron chi connectivity index (χ4n) is 8.37. The van der Waals surface area contributed by atoms with Gasteiger partial charge in [0.1, 0.15) is 23.9 Å². The standard InChI is InChI=1S/C23H22Cl2F3NO5S.C18H17Cl2F3O2.C15H14Cl2O2.C5H6ClNO3S.C3H4F3I.CH4/c1-22(2,15-10-17(24)20(18(25)11-15)32-9-8-23(26,27)28)14-4-6-16(7-5-14)33-12-19-21(29-13-34-19)35(3,30)31;1-17(2,11-3-5-13(24)6-4-11)12-9-14(19)16(15(20)10-12)25-8-7-18(21,22)23;1-15(2,9-3-5-11(18)6-4-9)10-7-12(16)14(19)13(17)8-10;1-11(8,9)5-4(2-6)10-3-7-5;4-3(5,6)1-2-7;/h4-7,10-11,13H,8-9,12H2,1-3H3;3-6,9-10,24H,7-8H2,1-2H3;3-8,18-19H,1-2H3;3H,2H2,1H3;1-2H2;1H4. The second kappa shape index (κ2) is 36.4. The molecule has 0 bridgehead atoms. The van der Waals surface area contributed by atoms with Crippen molar-refractivity contribution in [3.8, 4) is 34.5 Å². The van der Waals surface area contributed by atoms with Crippen LogP contribution in [0.1, 0.15) is 113 Å². The molecule has 0 saturated heterocycles. The molecule has 2 aromatic heterocycles. The number of phenols is 3. The Hall–Kier alpha value is -5.43. The molecule has 0 amide bonds. The van der Waals surface area contributed by atoms with Gasteiger partial charge in [-0.3, -0.25) is 0 Å². The Kier molecular flexibility index (Phi) is 32.3. The quantitative estimate of drug-likeness (QED) is 0.0391. The molecule has 33 heteroatoms. The summed E-state index contributed by atoms with van der Waals surface area (Å²) in [6.07, 6.45) is -11.3. The molecule has 0 unspecified atom stereocenters. The first-order valence-electron chi connectivity index (χ1n) is 27.9. The Morgan fingerprint density at radius 2 is 0.755 bits per heavy atom. The minimum absolute atomic E-state index is 0. The zero-order valence-corrected chi connectivity index (χ0v) is 61.4. The molecule has 6 aromatic carbocycles. The molecular formula is C65H67Cl7F9IN2O12S2. The number of benzene rings is 6. The van der Waals surface area contributed by atoms with E-state index in [0.29, 0.717) is 5.75 Å². The maximum atomic E-state index is 12.4. The number of aromatic nitrogens is 2. The lowest BCUT2D eigenvalue weighted by atomic mass is 9.78. The van der Waals surface area contributed by atoms with Gasteiger partial charge in [-0.15, -0.1) is 11.6 Å². The Bertz CT molecular complexity index is 4050. The number of ether oxygens (including phenoxy) is 3. The van der Waals surface area contributed by atoms with Crippen LogP contribution in [-0.4, -0.2) is 90.8 Å². The lowest BCUT2D eigenvalue weighted by Gasteiger charge is -2.27. The molecular weight excluding hydrogens is 1610 g/mol.